The van der Waals surface area contributed by atoms with Gasteiger partial charge in [0, 0.05) is 5.69 Å². The third-order valence-electron chi connectivity index (χ3n) is 4.80. The number of hydrogen-bond donors (Lipinski definition) is 2. The second-order valence-electron chi connectivity index (χ2n) is 7.32. The summed E-state index contributed by atoms with van der Waals surface area (Å²) in [6.45, 7) is 2.79. The monoisotopic (exact) mass is 500 g/mol. The number of nitrogens with one attached hydrogen (secondary N) is 1. The molecule has 6 nitrogen and oxygen atoms in total. The van der Waals surface area contributed by atoms with Gasteiger partial charge < -0.3 is 19.9 Å². The van der Waals surface area contributed by atoms with Gasteiger partial charge in [-0.25, -0.2) is 0 Å². The maximum atomic E-state index is 12.5. The van der Waals surface area contributed by atoms with Crippen molar-refractivity contribution in [1.29, 1.82) is 5.26 Å². The number of hydrogen-bond acceptors (Lipinski definition) is 5. The molecule has 1 amide bonds. The number of amides is 1. The molecule has 0 bridgehead atoms. The van der Waals surface area contributed by atoms with Crippen LogP contribution in [0.1, 0.15) is 51.0 Å². The number of nitrogens with zero attached hydrogens (tertiary/aromatic N) is 1. The van der Waals surface area contributed by atoms with Gasteiger partial charge >= 0.3 is 0 Å². The predicted octanol–water partition coefficient (Wildman–Crippen LogP) is 6.45. The van der Waals surface area contributed by atoms with Gasteiger partial charge in [-0.2, -0.15) is 5.26 Å². The Kier molecular flexibility index (Phi) is 10.6. The van der Waals surface area contributed by atoms with Gasteiger partial charge in [0.25, 0.3) is 5.91 Å². The number of phenols is 1. The lowest BCUT2D eigenvalue weighted by atomic mass is 10.1. The normalized spacial score (nSPS) is 11.0. The van der Waals surface area contributed by atoms with Crippen LogP contribution in [-0.4, -0.2) is 24.7 Å². The summed E-state index contributed by atoms with van der Waals surface area (Å²) in [7, 11) is 1.55. The van der Waals surface area contributed by atoms with Crippen LogP contribution in [0.3, 0.4) is 0 Å². The second-order valence-corrected chi connectivity index (χ2v) is 8.18. The van der Waals surface area contributed by atoms with Crippen molar-refractivity contribution < 1.29 is 19.4 Å². The summed E-state index contributed by atoms with van der Waals surface area (Å²) in [6, 6.07) is 11.5. The van der Waals surface area contributed by atoms with Crippen LogP contribution in [0.5, 0.6) is 17.2 Å². The highest BCUT2D eigenvalue weighted by Crippen LogP contribution is 2.37. The van der Waals surface area contributed by atoms with Crippen LogP contribution in [0.4, 0.5) is 5.69 Å². The van der Waals surface area contributed by atoms with E-state index in [0.29, 0.717) is 33.8 Å². The zero-order valence-corrected chi connectivity index (χ0v) is 20.1. The van der Waals surface area contributed by atoms with E-state index in [1.165, 1.54) is 43.9 Å². The topological polar surface area (TPSA) is 91.6 Å². The molecule has 0 aliphatic carbocycles. The van der Waals surface area contributed by atoms with E-state index in [4.69, 9.17) is 9.47 Å². The summed E-state index contributed by atoms with van der Waals surface area (Å²) < 4.78 is 12.1. The number of nitriles is 1. The molecule has 2 aromatic carbocycles. The highest BCUT2D eigenvalue weighted by atomic mass is 79.9. The summed E-state index contributed by atoms with van der Waals surface area (Å²) in [6.07, 6.45) is 8.55. The molecule has 0 atom stereocenters. The van der Waals surface area contributed by atoms with Crippen molar-refractivity contribution in [3.63, 3.8) is 0 Å². The smallest absolute Gasteiger partial charge is 0.266 e. The van der Waals surface area contributed by atoms with Crippen molar-refractivity contribution in [2.75, 3.05) is 19.0 Å². The largest absolute Gasteiger partial charge is 0.508 e. The SMILES string of the molecule is CCCCCCCCOc1c(Br)cc(/C=C(\C#N)C(=O)Nc2ccc(O)cc2)cc1OC. The van der Waals surface area contributed by atoms with Gasteiger partial charge in [0.15, 0.2) is 11.5 Å². The van der Waals surface area contributed by atoms with Crippen LogP contribution >= 0.6 is 15.9 Å². The van der Waals surface area contributed by atoms with E-state index < -0.39 is 5.91 Å². The van der Waals surface area contributed by atoms with Crippen LogP contribution in [-0.2, 0) is 4.79 Å². The molecule has 0 saturated heterocycles. The molecule has 0 fully saturated rings. The van der Waals surface area contributed by atoms with Crippen molar-refractivity contribution in [3.05, 3.63) is 52.0 Å². The molecule has 2 N–H and O–H groups in total. The number of benzene rings is 2. The lowest BCUT2D eigenvalue weighted by Crippen LogP contribution is -2.13. The van der Waals surface area contributed by atoms with Crippen LogP contribution in [0.2, 0.25) is 0 Å². The summed E-state index contributed by atoms with van der Waals surface area (Å²) in [5.74, 6) is 0.671. The molecule has 0 unspecified atom stereocenters. The summed E-state index contributed by atoms with van der Waals surface area (Å²) in [5, 5.41) is 21.5. The number of carbonyl (C=O) groups is 1. The molecule has 0 radical (unpaired) electrons. The van der Waals surface area contributed by atoms with Crippen LogP contribution in [0.25, 0.3) is 6.08 Å². The fourth-order valence-electron chi connectivity index (χ4n) is 3.08. The molecule has 2 aromatic rings. The third-order valence-corrected chi connectivity index (χ3v) is 5.39. The first-order chi connectivity index (χ1) is 15.5. The van der Waals surface area contributed by atoms with E-state index in [2.05, 4.69) is 28.2 Å². The molecule has 0 aliphatic heterocycles. The number of methoxy groups -OCH3 is 1. The molecule has 32 heavy (non-hydrogen) atoms. The van der Waals surface area contributed by atoms with Gasteiger partial charge in [-0.3, -0.25) is 4.79 Å². The molecule has 2 rings (SSSR count). The number of unbranched alkanes of at least 4 members (excludes halogenated alkanes) is 5. The van der Waals surface area contributed by atoms with Gasteiger partial charge in [0.1, 0.15) is 17.4 Å². The number of aromatic hydroxyl groups is 1. The minimum Gasteiger partial charge on any atom is -0.508 e. The molecule has 0 heterocycles. The van der Waals surface area contributed by atoms with Crippen molar-refractivity contribution in [3.8, 4) is 23.3 Å². The second kappa shape index (κ2) is 13.4. The zero-order chi connectivity index (χ0) is 23.3. The van der Waals surface area contributed by atoms with Gasteiger partial charge in [-0.05, 0) is 70.4 Å². The van der Waals surface area contributed by atoms with Crippen molar-refractivity contribution in [2.45, 2.75) is 45.4 Å². The Morgan fingerprint density at radius 1 is 1.16 bits per heavy atom. The van der Waals surface area contributed by atoms with Crippen molar-refractivity contribution in [1.82, 2.24) is 0 Å². The molecule has 7 heteroatoms. The first-order valence-corrected chi connectivity index (χ1v) is 11.5. The fraction of sp³-hybridized carbons (Fsp3) is 0.360. The Hall–Kier alpha value is -2.98. The highest BCUT2D eigenvalue weighted by molar-refractivity contribution is 9.10. The van der Waals surface area contributed by atoms with Crippen molar-refractivity contribution in [2.24, 2.45) is 0 Å². The maximum absolute atomic E-state index is 12.5. The summed E-state index contributed by atoms with van der Waals surface area (Å²) in [4.78, 5) is 12.5. The number of rotatable bonds is 12. The Morgan fingerprint density at radius 2 is 1.84 bits per heavy atom. The lowest BCUT2D eigenvalue weighted by Gasteiger charge is -2.14. The average Bonchev–Trinajstić information content (AvgIpc) is 2.79. The summed E-state index contributed by atoms with van der Waals surface area (Å²) >= 11 is 3.51. The van der Waals surface area contributed by atoms with Crippen molar-refractivity contribution >= 4 is 33.6 Å². The molecule has 170 valence electrons. The molecule has 0 saturated carbocycles. The number of phenolic OH excluding ortho intramolecular Hbond substituents is 1. The van der Waals surface area contributed by atoms with Gasteiger partial charge in [-0.1, -0.05) is 39.0 Å². The van der Waals surface area contributed by atoms with Gasteiger partial charge in [0.2, 0.25) is 0 Å². The minimum absolute atomic E-state index is 0.0622. The Labute approximate surface area is 198 Å². The molecule has 0 aromatic heterocycles. The first kappa shape index (κ1) is 25.3. The maximum Gasteiger partial charge on any atom is 0.266 e. The van der Waals surface area contributed by atoms with E-state index in [-0.39, 0.29) is 11.3 Å². The fourth-order valence-corrected chi connectivity index (χ4v) is 3.65. The number of anilines is 1. The third kappa shape index (κ3) is 7.93. The van der Waals surface area contributed by atoms with E-state index in [1.54, 1.807) is 31.4 Å². The summed E-state index contributed by atoms with van der Waals surface area (Å²) in [5.41, 5.74) is 1.04. The van der Waals surface area contributed by atoms with Crippen LogP contribution < -0.4 is 14.8 Å². The van der Waals surface area contributed by atoms with Gasteiger partial charge in [0.05, 0.1) is 18.2 Å². The number of ether oxygens (including phenoxy) is 2. The van der Waals surface area contributed by atoms with E-state index >= 15 is 0 Å². The molecule has 0 spiro atoms. The molecular weight excluding hydrogens is 472 g/mol. The Bertz CT molecular complexity index is 965. The Balaban J connectivity index is 2.07. The van der Waals surface area contributed by atoms with Crippen LogP contribution in [0, 0.1) is 11.3 Å². The van der Waals surface area contributed by atoms with Crippen LogP contribution in [0.15, 0.2) is 46.4 Å². The minimum atomic E-state index is -0.545. The molecular formula is C25H29BrN2O4. The lowest BCUT2D eigenvalue weighted by molar-refractivity contribution is -0.112. The van der Waals surface area contributed by atoms with E-state index in [9.17, 15) is 15.2 Å². The van der Waals surface area contributed by atoms with E-state index in [1.807, 2.05) is 6.07 Å². The molecule has 0 aliphatic rings. The number of halogens is 1. The standard InChI is InChI=1S/C25H29BrN2O4/c1-3-4-5-6-7-8-13-32-24-22(26)15-18(16-23(24)31-2)14-19(17-27)25(30)28-20-9-11-21(29)12-10-20/h9-12,14-16,29H,3-8,13H2,1-2H3,(H,28,30)/b19-14+. The highest BCUT2D eigenvalue weighted by Gasteiger charge is 2.14. The number of carbonyl (C=O) groups excluding carboxylic acids is 1. The van der Waals surface area contributed by atoms with E-state index in [0.717, 1.165) is 12.8 Å². The van der Waals surface area contributed by atoms with Gasteiger partial charge in [-0.15, -0.1) is 0 Å². The zero-order valence-electron chi connectivity index (χ0n) is 18.5. The first-order valence-electron chi connectivity index (χ1n) is 10.7. The predicted molar refractivity (Wildman–Crippen MR) is 130 cm³/mol. The quantitative estimate of drug-likeness (QED) is 0.151. The average molecular weight is 501 g/mol. The Morgan fingerprint density at radius 3 is 2.50 bits per heavy atom.